The molecule has 7 heteroatoms. The van der Waals surface area contributed by atoms with Crippen LogP contribution < -0.4 is 5.32 Å². The van der Waals surface area contributed by atoms with Crippen LogP contribution >= 0.6 is 0 Å². The van der Waals surface area contributed by atoms with E-state index < -0.39 is 0 Å². The van der Waals surface area contributed by atoms with Gasteiger partial charge < -0.3 is 15.1 Å². The first-order chi connectivity index (χ1) is 16.8. The maximum atomic E-state index is 12.8. The number of rotatable bonds is 5. The van der Waals surface area contributed by atoms with Gasteiger partial charge in [-0.25, -0.2) is 0 Å². The highest BCUT2D eigenvalue weighted by atomic mass is 16.2. The van der Waals surface area contributed by atoms with Crippen LogP contribution in [0.4, 0.5) is 0 Å². The van der Waals surface area contributed by atoms with Gasteiger partial charge in [-0.2, -0.15) is 5.10 Å². The summed E-state index contributed by atoms with van der Waals surface area (Å²) in [6.07, 6.45) is 7.36. The Balaban J connectivity index is 1.64. The van der Waals surface area contributed by atoms with Crippen molar-refractivity contribution in [1.29, 1.82) is 0 Å². The standard InChI is InChI=1S/C28H35N5O2/c1-6-27(16-9-23-7-14-26(15-8-23)29-22(3)34)32(5)30-21(2)24-10-12-25(13-11-24)28(35)33-19-17-31(4)18-20-33/h6-7,10-14H,8,15,17-20H2,1-5H3,(H,29,34). The van der Waals surface area contributed by atoms with E-state index in [1.165, 1.54) is 6.92 Å². The number of hydrazone groups is 1. The molecule has 2 amide bonds. The number of amides is 2. The molecule has 3 rings (SSSR count). The topological polar surface area (TPSA) is 68.2 Å². The highest BCUT2D eigenvalue weighted by Gasteiger charge is 2.20. The van der Waals surface area contributed by atoms with E-state index >= 15 is 0 Å². The first-order valence-corrected chi connectivity index (χ1v) is 12.0. The molecule has 0 spiro atoms. The van der Waals surface area contributed by atoms with E-state index in [0.29, 0.717) is 5.56 Å². The van der Waals surface area contributed by atoms with Crippen molar-refractivity contribution in [2.45, 2.75) is 33.6 Å². The first-order valence-electron chi connectivity index (χ1n) is 12.0. The summed E-state index contributed by atoms with van der Waals surface area (Å²) in [5, 5.41) is 9.30. The fraction of sp³-hybridized carbons (Fsp3) is 0.393. The maximum absolute atomic E-state index is 12.8. The van der Waals surface area contributed by atoms with E-state index in [0.717, 1.165) is 67.3 Å². The van der Waals surface area contributed by atoms with E-state index in [4.69, 9.17) is 5.10 Å². The normalized spacial score (nSPS) is 17.1. The van der Waals surface area contributed by atoms with Gasteiger partial charge in [0.05, 0.1) is 5.71 Å². The molecule has 1 fully saturated rings. The van der Waals surface area contributed by atoms with Gasteiger partial charge in [0.15, 0.2) is 0 Å². The predicted molar refractivity (Wildman–Crippen MR) is 141 cm³/mol. The quantitative estimate of drug-likeness (QED) is 0.405. The predicted octanol–water partition coefficient (Wildman–Crippen LogP) is 3.38. The zero-order chi connectivity index (χ0) is 25.4. The number of hydrogen-bond acceptors (Lipinski definition) is 5. The minimum Gasteiger partial charge on any atom is -0.336 e. The van der Waals surface area contributed by atoms with Gasteiger partial charge in [0.1, 0.15) is 5.70 Å². The first kappa shape index (κ1) is 26.0. The molecule has 1 N–H and O–H groups in total. The zero-order valence-electron chi connectivity index (χ0n) is 21.4. The van der Waals surface area contributed by atoms with Gasteiger partial charge >= 0.3 is 0 Å². The summed E-state index contributed by atoms with van der Waals surface area (Å²) in [7, 11) is 3.96. The Kier molecular flexibility index (Phi) is 9.04. The van der Waals surface area contributed by atoms with Crippen molar-refractivity contribution >= 4 is 17.5 Å². The molecule has 0 saturated carbocycles. The lowest BCUT2D eigenvalue weighted by Crippen LogP contribution is -2.47. The van der Waals surface area contributed by atoms with Gasteiger partial charge in [-0.15, -0.1) is 0 Å². The van der Waals surface area contributed by atoms with Crippen LogP contribution in [-0.4, -0.2) is 72.6 Å². The Morgan fingerprint density at radius 3 is 2.26 bits per heavy atom. The summed E-state index contributed by atoms with van der Waals surface area (Å²) in [6, 6.07) is 7.65. The molecular formula is C28H35N5O2. The Hall–Kier alpha value is -3.63. The number of nitrogens with one attached hydrogen (secondary N) is 1. The van der Waals surface area contributed by atoms with E-state index in [1.807, 2.05) is 68.3 Å². The highest BCUT2D eigenvalue weighted by molar-refractivity contribution is 6.00. The van der Waals surface area contributed by atoms with Gasteiger partial charge in [0.2, 0.25) is 5.91 Å². The lowest BCUT2D eigenvalue weighted by Gasteiger charge is -2.32. The van der Waals surface area contributed by atoms with Crippen molar-refractivity contribution in [2.75, 3.05) is 40.3 Å². The van der Waals surface area contributed by atoms with Crippen LogP contribution in [0, 0.1) is 11.8 Å². The summed E-state index contributed by atoms with van der Waals surface area (Å²) in [5.74, 6) is 6.46. The number of hydrogen-bond donors (Lipinski definition) is 1. The number of allylic oxidation sites excluding steroid dienone is 6. The smallest absolute Gasteiger partial charge is 0.253 e. The molecule has 1 aromatic rings. The Bertz CT molecular complexity index is 1120. The van der Waals surface area contributed by atoms with Gasteiger partial charge in [0, 0.05) is 57.0 Å². The average Bonchev–Trinajstić information content (AvgIpc) is 2.85. The number of piperazine rings is 1. The molecule has 1 aromatic carbocycles. The van der Waals surface area contributed by atoms with Crippen LogP contribution in [0.25, 0.3) is 0 Å². The highest BCUT2D eigenvalue weighted by Crippen LogP contribution is 2.16. The summed E-state index contributed by atoms with van der Waals surface area (Å²) >= 11 is 0. The molecular weight excluding hydrogens is 438 g/mol. The van der Waals surface area contributed by atoms with Crippen molar-refractivity contribution in [2.24, 2.45) is 5.10 Å². The molecule has 1 aliphatic heterocycles. The molecule has 1 saturated heterocycles. The van der Waals surface area contributed by atoms with Crippen LogP contribution in [0.3, 0.4) is 0 Å². The molecule has 1 aliphatic carbocycles. The van der Waals surface area contributed by atoms with Gasteiger partial charge in [-0.1, -0.05) is 24.1 Å². The fourth-order valence-corrected chi connectivity index (χ4v) is 3.94. The van der Waals surface area contributed by atoms with Crippen LogP contribution in [0.2, 0.25) is 0 Å². The van der Waals surface area contributed by atoms with Gasteiger partial charge in [-0.3, -0.25) is 14.6 Å². The largest absolute Gasteiger partial charge is 0.336 e. The van der Waals surface area contributed by atoms with E-state index in [2.05, 4.69) is 29.1 Å². The van der Waals surface area contributed by atoms with Crippen molar-refractivity contribution in [3.63, 3.8) is 0 Å². The van der Waals surface area contributed by atoms with Crippen LogP contribution in [-0.2, 0) is 4.79 Å². The molecule has 0 atom stereocenters. The number of benzene rings is 1. The number of nitrogens with zero attached hydrogens (tertiary/aromatic N) is 4. The summed E-state index contributed by atoms with van der Waals surface area (Å²) in [6.45, 7) is 8.74. The molecule has 35 heavy (non-hydrogen) atoms. The number of carbonyl (C=O) groups excluding carboxylic acids is 2. The fourth-order valence-electron chi connectivity index (χ4n) is 3.94. The summed E-state index contributed by atoms with van der Waals surface area (Å²) in [4.78, 5) is 28.1. The number of likely N-dealkylation sites (N-methyl/N-ethyl adjacent to an activating group) is 1. The molecule has 1 heterocycles. The van der Waals surface area contributed by atoms with Crippen molar-refractivity contribution in [3.8, 4) is 11.8 Å². The van der Waals surface area contributed by atoms with Crippen LogP contribution in [0.15, 0.2) is 64.6 Å². The Morgan fingerprint density at radius 2 is 1.69 bits per heavy atom. The Morgan fingerprint density at radius 1 is 1.03 bits per heavy atom. The third kappa shape index (κ3) is 7.43. The average molecular weight is 474 g/mol. The van der Waals surface area contributed by atoms with E-state index in [9.17, 15) is 9.59 Å². The molecule has 0 unspecified atom stereocenters. The SMILES string of the molecule is CC=C(C#CC1=CC=C(NC(C)=O)CC1)N(C)N=C(C)c1ccc(C(=O)N2CCN(C)CC2)cc1. The zero-order valence-corrected chi connectivity index (χ0v) is 21.4. The molecule has 0 aromatic heterocycles. The molecule has 0 radical (unpaired) electrons. The van der Waals surface area contributed by atoms with Crippen molar-refractivity contribution in [1.82, 2.24) is 20.1 Å². The van der Waals surface area contributed by atoms with E-state index in [1.54, 1.807) is 5.01 Å². The minimum atomic E-state index is -0.0542. The summed E-state index contributed by atoms with van der Waals surface area (Å²) in [5.41, 5.74) is 5.24. The maximum Gasteiger partial charge on any atom is 0.253 e. The lowest BCUT2D eigenvalue weighted by molar-refractivity contribution is -0.118. The second-order valence-corrected chi connectivity index (χ2v) is 8.87. The second kappa shape index (κ2) is 12.2. The molecule has 0 bridgehead atoms. The third-order valence-electron chi connectivity index (χ3n) is 6.10. The Labute approximate surface area is 208 Å². The number of carbonyl (C=O) groups is 2. The summed E-state index contributed by atoms with van der Waals surface area (Å²) < 4.78 is 0. The molecule has 2 aliphatic rings. The van der Waals surface area contributed by atoms with Crippen molar-refractivity contribution < 1.29 is 9.59 Å². The van der Waals surface area contributed by atoms with Crippen LogP contribution in [0.1, 0.15) is 49.5 Å². The second-order valence-electron chi connectivity index (χ2n) is 8.87. The third-order valence-corrected chi connectivity index (χ3v) is 6.10. The lowest BCUT2D eigenvalue weighted by atomic mass is 10.0. The molecule has 184 valence electrons. The van der Waals surface area contributed by atoms with Gasteiger partial charge in [0.25, 0.3) is 5.91 Å². The van der Waals surface area contributed by atoms with Crippen LogP contribution in [0.5, 0.6) is 0 Å². The monoisotopic (exact) mass is 473 g/mol. The molecule has 7 nitrogen and oxygen atoms in total. The van der Waals surface area contributed by atoms with Gasteiger partial charge in [-0.05, 0) is 69.5 Å². The van der Waals surface area contributed by atoms with E-state index in [-0.39, 0.29) is 11.8 Å². The minimum absolute atomic E-state index is 0.0542. The van der Waals surface area contributed by atoms with Crippen molar-refractivity contribution in [3.05, 3.63) is 70.6 Å².